The first-order chi connectivity index (χ1) is 16.6. The number of methoxy groups -OCH3 is 1. The lowest BCUT2D eigenvalue weighted by Crippen LogP contribution is -2.63. The summed E-state index contributed by atoms with van der Waals surface area (Å²) < 4.78 is 21.8. The number of ether oxygens (including phenoxy) is 4. The SMILES string of the molecule is CO[C@@H]1O[C@H](CO)[C@@H](O[C@H]2S[C@H](CO)[C@@H](O[C@H]3S[C@H](CO)[C@@H](O)[C@H](O)[C@H]3O)[C@H](O)[C@H]2O)[C@H](O)[C@H]1O. The average molecular weight is 551 g/mol. The number of hydrogen-bond acceptors (Lipinski definition) is 16. The molecule has 14 nitrogen and oxygen atoms in total. The van der Waals surface area contributed by atoms with Crippen molar-refractivity contribution in [2.24, 2.45) is 0 Å². The van der Waals surface area contributed by atoms with Gasteiger partial charge in [-0.1, -0.05) is 0 Å². The molecule has 0 unspecified atom stereocenters. The van der Waals surface area contributed by atoms with Crippen LogP contribution in [0.4, 0.5) is 0 Å². The Bertz CT molecular complexity index is 659. The molecule has 3 fully saturated rings. The summed E-state index contributed by atoms with van der Waals surface area (Å²) in [6.45, 7) is -1.70. The highest BCUT2D eigenvalue weighted by Crippen LogP contribution is 2.41. The van der Waals surface area contributed by atoms with Gasteiger partial charge in [0.1, 0.15) is 65.8 Å². The molecule has 3 saturated heterocycles. The lowest BCUT2D eigenvalue weighted by Gasteiger charge is -2.47. The van der Waals surface area contributed by atoms with Crippen molar-refractivity contribution in [3.05, 3.63) is 0 Å². The maximum absolute atomic E-state index is 10.8. The third-order valence-corrected chi connectivity index (χ3v) is 9.17. The Morgan fingerprint density at radius 2 is 1.11 bits per heavy atom. The van der Waals surface area contributed by atoms with Gasteiger partial charge in [0, 0.05) is 7.11 Å². The fraction of sp³-hybridized carbons (Fsp3) is 1.00. The highest BCUT2D eigenvalue weighted by atomic mass is 32.2. The zero-order valence-electron chi connectivity index (χ0n) is 18.7. The number of thioether (sulfide) groups is 2. The predicted octanol–water partition coefficient (Wildman–Crippen LogP) is -5.49. The van der Waals surface area contributed by atoms with Gasteiger partial charge >= 0.3 is 0 Å². The van der Waals surface area contributed by atoms with Gasteiger partial charge < -0.3 is 70.0 Å². The average Bonchev–Trinajstić information content (AvgIpc) is 2.86. The monoisotopic (exact) mass is 550 g/mol. The number of rotatable bonds is 8. The van der Waals surface area contributed by atoms with Crippen molar-refractivity contribution in [3.8, 4) is 0 Å². The standard InChI is InChI=1S/C19H34O14S2/c1-30-17-12(27)10(25)15(5(2-20)31-17)32-19-14(29)11(26)16(7(4-22)35-19)33-18-13(28)9(24)8(23)6(3-21)34-18/h5-29H,2-4H2,1H3/t5-,6-,7-,8-,9+,10-,11-,12-,13-,14-,15-,16-,17-,18+,19+/m1/s1. The van der Waals surface area contributed by atoms with E-state index >= 15 is 0 Å². The van der Waals surface area contributed by atoms with Crippen molar-refractivity contribution in [2.75, 3.05) is 26.9 Å². The minimum Gasteiger partial charge on any atom is -0.395 e. The fourth-order valence-corrected chi connectivity index (χ4v) is 6.83. The van der Waals surface area contributed by atoms with Gasteiger partial charge in [-0.25, -0.2) is 0 Å². The van der Waals surface area contributed by atoms with E-state index in [1.54, 1.807) is 0 Å². The van der Waals surface area contributed by atoms with Gasteiger partial charge in [0.25, 0.3) is 0 Å². The fourth-order valence-electron chi connectivity index (χ4n) is 4.24. The Labute approximate surface area is 209 Å². The molecule has 35 heavy (non-hydrogen) atoms. The summed E-state index contributed by atoms with van der Waals surface area (Å²) >= 11 is 1.68. The molecule has 3 aliphatic rings. The molecule has 0 aromatic heterocycles. The van der Waals surface area contributed by atoms with E-state index in [4.69, 9.17) is 18.9 Å². The van der Waals surface area contributed by atoms with E-state index in [0.29, 0.717) is 0 Å². The van der Waals surface area contributed by atoms with Crippen molar-refractivity contribution in [3.63, 3.8) is 0 Å². The quantitative estimate of drug-likeness (QED) is 0.136. The molecular formula is C19H34O14S2. The van der Waals surface area contributed by atoms with Crippen molar-refractivity contribution >= 4 is 23.5 Å². The van der Waals surface area contributed by atoms with E-state index in [9.17, 15) is 51.1 Å². The predicted molar refractivity (Wildman–Crippen MR) is 119 cm³/mol. The van der Waals surface area contributed by atoms with Gasteiger partial charge in [-0.05, 0) is 0 Å². The molecule has 0 saturated carbocycles. The molecular weight excluding hydrogens is 516 g/mol. The largest absolute Gasteiger partial charge is 0.395 e. The van der Waals surface area contributed by atoms with Crippen LogP contribution in [0.5, 0.6) is 0 Å². The third-order valence-electron chi connectivity index (χ3n) is 6.30. The molecule has 3 heterocycles. The van der Waals surface area contributed by atoms with E-state index < -0.39 is 109 Å². The zero-order chi connectivity index (χ0) is 26.0. The van der Waals surface area contributed by atoms with Gasteiger partial charge in [0.2, 0.25) is 0 Å². The molecule has 0 aliphatic carbocycles. The number of aliphatic hydroxyl groups is 10. The molecule has 0 radical (unpaired) electrons. The van der Waals surface area contributed by atoms with Gasteiger partial charge in [-0.3, -0.25) is 0 Å². The smallest absolute Gasteiger partial charge is 0.186 e. The van der Waals surface area contributed by atoms with Crippen LogP contribution in [0.2, 0.25) is 0 Å². The van der Waals surface area contributed by atoms with Gasteiger partial charge in [-0.2, -0.15) is 0 Å². The summed E-state index contributed by atoms with van der Waals surface area (Å²) in [5.41, 5.74) is -2.47. The van der Waals surface area contributed by atoms with Crippen LogP contribution in [0.25, 0.3) is 0 Å². The highest BCUT2D eigenvalue weighted by molar-refractivity contribution is 8.00. The Kier molecular flexibility index (Phi) is 10.9. The van der Waals surface area contributed by atoms with Crippen molar-refractivity contribution in [1.82, 2.24) is 0 Å². The summed E-state index contributed by atoms with van der Waals surface area (Å²) in [7, 11) is 1.24. The van der Waals surface area contributed by atoms with Crippen LogP contribution < -0.4 is 0 Å². The maximum Gasteiger partial charge on any atom is 0.186 e. The van der Waals surface area contributed by atoms with E-state index in [0.717, 1.165) is 23.5 Å². The van der Waals surface area contributed by atoms with Crippen LogP contribution in [-0.4, -0.2) is 167 Å². The van der Waals surface area contributed by atoms with Crippen molar-refractivity contribution in [2.45, 2.75) is 88.7 Å². The van der Waals surface area contributed by atoms with E-state index in [-0.39, 0.29) is 0 Å². The molecule has 3 rings (SSSR count). The Balaban J connectivity index is 1.72. The Morgan fingerprint density at radius 3 is 1.66 bits per heavy atom. The van der Waals surface area contributed by atoms with Crippen LogP contribution in [0.15, 0.2) is 0 Å². The van der Waals surface area contributed by atoms with Crippen LogP contribution in [0, 0.1) is 0 Å². The van der Waals surface area contributed by atoms with Crippen molar-refractivity contribution < 1.29 is 70.0 Å². The highest BCUT2D eigenvalue weighted by Gasteiger charge is 2.53. The second-order valence-corrected chi connectivity index (χ2v) is 11.2. The molecule has 0 bridgehead atoms. The third kappa shape index (κ3) is 6.08. The molecule has 0 spiro atoms. The molecule has 206 valence electrons. The van der Waals surface area contributed by atoms with Crippen LogP contribution >= 0.6 is 23.5 Å². The summed E-state index contributed by atoms with van der Waals surface area (Å²) in [6, 6.07) is 0. The number of hydrogen-bond donors (Lipinski definition) is 10. The molecule has 0 amide bonds. The molecule has 10 N–H and O–H groups in total. The van der Waals surface area contributed by atoms with Gasteiger partial charge in [-0.15, -0.1) is 23.5 Å². The molecule has 16 heteroatoms. The van der Waals surface area contributed by atoms with Crippen LogP contribution in [0.3, 0.4) is 0 Å². The normalized spacial score (nSPS) is 51.3. The van der Waals surface area contributed by atoms with Crippen molar-refractivity contribution in [1.29, 1.82) is 0 Å². The summed E-state index contributed by atoms with van der Waals surface area (Å²) in [5, 5.41) is 99.7. The summed E-state index contributed by atoms with van der Waals surface area (Å²) in [4.78, 5) is 0. The molecule has 0 aromatic rings. The van der Waals surface area contributed by atoms with E-state index in [1.807, 2.05) is 0 Å². The first kappa shape index (κ1) is 29.7. The first-order valence-electron chi connectivity index (χ1n) is 11.0. The molecule has 0 aromatic carbocycles. The zero-order valence-corrected chi connectivity index (χ0v) is 20.3. The summed E-state index contributed by atoms with van der Waals surface area (Å²) in [6.07, 6.45) is -16.0. The van der Waals surface area contributed by atoms with Gasteiger partial charge in [0.15, 0.2) is 6.29 Å². The van der Waals surface area contributed by atoms with Crippen LogP contribution in [0.1, 0.15) is 0 Å². The molecule has 15 atom stereocenters. The lowest BCUT2D eigenvalue weighted by molar-refractivity contribution is -0.307. The minimum absolute atomic E-state index is 0.521. The summed E-state index contributed by atoms with van der Waals surface area (Å²) in [5.74, 6) is 0. The lowest BCUT2D eigenvalue weighted by atomic mass is 9.98. The minimum atomic E-state index is -1.67. The second-order valence-electron chi connectivity index (χ2n) is 8.55. The van der Waals surface area contributed by atoms with E-state index in [1.165, 1.54) is 7.11 Å². The second kappa shape index (κ2) is 12.8. The Morgan fingerprint density at radius 1 is 0.600 bits per heavy atom. The first-order valence-corrected chi connectivity index (χ1v) is 12.9. The Hall–Kier alpha value is 0.140. The van der Waals surface area contributed by atoms with E-state index in [2.05, 4.69) is 0 Å². The van der Waals surface area contributed by atoms with Gasteiger partial charge in [0.05, 0.1) is 36.4 Å². The molecule has 3 aliphatic heterocycles. The maximum atomic E-state index is 10.8. The van der Waals surface area contributed by atoms with Crippen LogP contribution in [-0.2, 0) is 18.9 Å². The number of aliphatic hydroxyl groups excluding tert-OH is 10. The topological polar surface area (TPSA) is 239 Å².